The highest BCUT2D eigenvalue weighted by atomic mass is 35.5. The molecule has 0 N–H and O–H groups in total. The zero-order chi connectivity index (χ0) is 20.6. The van der Waals surface area contributed by atoms with E-state index in [2.05, 4.69) is 4.98 Å². The number of nitrogens with zero attached hydrogens (tertiary/aromatic N) is 2. The molecule has 4 nitrogen and oxygen atoms in total. The Kier molecular flexibility index (Phi) is 5.59. The van der Waals surface area contributed by atoms with Crippen molar-refractivity contribution in [1.29, 1.82) is 0 Å². The van der Waals surface area contributed by atoms with Gasteiger partial charge in [0, 0.05) is 30.1 Å². The van der Waals surface area contributed by atoms with E-state index in [1.165, 1.54) is 29.5 Å². The lowest BCUT2D eigenvalue weighted by Gasteiger charge is -2.31. The first-order chi connectivity index (χ1) is 13.8. The Morgan fingerprint density at radius 3 is 2.38 bits per heavy atom. The average Bonchev–Trinajstić information content (AvgIpc) is 3.18. The van der Waals surface area contributed by atoms with Crippen molar-refractivity contribution >= 4 is 37.9 Å². The van der Waals surface area contributed by atoms with Crippen LogP contribution in [0.4, 0.5) is 13.9 Å². The first-order valence-corrected chi connectivity index (χ1v) is 11.8. The van der Waals surface area contributed by atoms with Gasteiger partial charge in [0.05, 0.1) is 20.9 Å². The van der Waals surface area contributed by atoms with Crippen molar-refractivity contribution in [2.45, 2.75) is 23.0 Å². The number of halogens is 3. The summed E-state index contributed by atoms with van der Waals surface area (Å²) < 4.78 is 52.7. The number of anilines is 1. The average molecular weight is 455 g/mol. The molecule has 1 fully saturated rings. The minimum atomic E-state index is -3.50. The molecule has 3 aromatic rings. The summed E-state index contributed by atoms with van der Waals surface area (Å²) in [6.07, 6.45) is 0.911. The number of hydrogen-bond acceptors (Lipinski definition) is 5. The fourth-order valence-corrected chi connectivity index (χ4v) is 6.60. The van der Waals surface area contributed by atoms with Crippen molar-refractivity contribution in [1.82, 2.24) is 4.98 Å². The van der Waals surface area contributed by atoms with Crippen LogP contribution in [-0.4, -0.2) is 31.7 Å². The van der Waals surface area contributed by atoms with Crippen LogP contribution < -0.4 is 4.90 Å². The van der Waals surface area contributed by atoms with Crippen LogP contribution in [0.1, 0.15) is 12.8 Å². The smallest absolute Gasteiger partial charge is 0.185 e. The van der Waals surface area contributed by atoms with Gasteiger partial charge in [0.1, 0.15) is 11.6 Å². The van der Waals surface area contributed by atoms with Gasteiger partial charge in [-0.2, -0.15) is 0 Å². The SMILES string of the molecule is O=S(=O)(c1ccccc1Cl)C1CCN(c2nc(-c3cc(F)cc(F)c3)cs2)CC1. The van der Waals surface area contributed by atoms with Crippen molar-refractivity contribution in [3.63, 3.8) is 0 Å². The topological polar surface area (TPSA) is 50.3 Å². The Morgan fingerprint density at radius 2 is 1.72 bits per heavy atom. The Hall–Kier alpha value is -2.03. The number of hydrogen-bond donors (Lipinski definition) is 0. The Morgan fingerprint density at radius 1 is 1.07 bits per heavy atom. The maximum atomic E-state index is 13.5. The first-order valence-electron chi connectivity index (χ1n) is 9.00. The van der Waals surface area contributed by atoms with Crippen molar-refractivity contribution in [2.24, 2.45) is 0 Å². The van der Waals surface area contributed by atoms with Gasteiger partial charge in [0.15, 0.2) is 15.0 Å². The quantitative estimate of drug-likeness (QED) is 0.544. The standard InChI is InChI=1S/C20H17ClF2N2O2S2/c21-17-3-1-2-4-19(17)29(26,27)16-5-7-25(8-6-16)20-24-18(12-28-20)13-9-14(22)11-15(23)10-13/h1-4,9-12,16H,5-8H2. The van der Waals surface area contributed by atoms with Crippen LogP contribution >= 0.6 is 22.9 Å². The summed E-state index contributed by atoms with van der Waals surface area (Å²) in [5, 5.41) is 2.19. The molecule has 152 valence electrons. The number of benzene rings is 2. The molecule has 4 rings (SSSR count). The molecule has 2 heterocycles. The number of aromatic nitrogens is 1. The van der Waals surface area contributed by atoms with Crippen LogP contribution in [0.25, 0.3) is 11.3 Å². The number of piperidine rings is 1. The Balaban J connectivity index is 1.48. The maximum absolute atomic E-state index is 13.5. The van der Waals surface area contributed by atoms with Gasteiger partial charge in [-0.3, -0.25) is 0 Å². The van der Waals surface area contributed by atoms with Crippen LogP contribution in [0.15, 0.2) is 52.7 Å². The van der Waals surface area contributed by atoms with Crippen molar-refractivity contribution in [3.8, 4) is 11.3 Å². The van der Waals surface area contributed by atoms with E-state index in [4.69, 9.17) is 11.6 Å². The molecule has 29 heavy (non-hydrogen) atoms. The summed E-state index contributed by atoms with van der Waals surface area (Å²) in [5.41, 5.74) is 0.871. The summed E-state index contributed by atoms with van der Waals surface area (Å²) in [6.45, 7) is 1.05. The minimum absolute atomic E-state index is 0.171. The first kappa shape index (κ1) is 20.3. The van der Waals surface area contributed by atoms with E-state index >= 15 is 0 Å². The third-order valence-corrected chi connectivity index (χ3v) is 8.61. The molecule has 1 aliphatic heterocycles. The van der Waals surface area contributed by atoms with E-state index in [-0.39, 0.29) is 9.92 Å². The molecule has 1 saturated heterocycles. The van der Waals surface area contributed by atoms with E-state index < -0.39 is 26.7 Å². The monoisotopic (exact) mass is 454 g/mol. The molecule has 0 aliphatic carbocycles. The lowest BCUT2D eigenvalue weighted by atomic mass is 10.1. The van der Waals surface area contributed by atoms with E-state index in [0.717, 1.165) is 6.07 Å². The highest BCUT2D eigenvalue weighted by molar-refractivity contribution is 7.92. The molecule has 0 unspecified atom stereocenters. The molecule has 0 radical (unpaired) electrons. The molecule has 0 atom stereocenters. The zero-order valence-electron chi connectivity index (χ0n) is 15.2. The summed E-state index contributed by atoms with van der Waals surface area (Å²) in [5.74, 6) is -1.31. The van der Waals surface area contributed by atoms with Crippen molar-refractivity contribution < 1.29 is 17.2 Å². The second kappa shape index (κ2) is 8.01. The largest absolute Gasteiger partial charge is 0.348 e. The Labute approximate surface area is 176 Å². The van der Waals surface area contributed by atoms with Gasteiger partial charge in [-0.1, -0.05) is 23.7 Å². The fraction of sp³-hybridized carbons (Fsp3) is 0.250. The predicted octanol–water partition coefficient (Wildman–Crippen LogP) is 5.18. The third kappa shape index (κ3) is 4.15. The maximum Gasteiger partial charge on any atom is 0.185 e. The molecule has 2 aromatic carbocycles. The molecular weight excluding hydrogens is 438 g/mol. The van der Waals surface area contributed by atoms with Gasteiger partial charge in [-0.05, 0) is 37.1 Å². The molecule has 0 saturated carbocycles. The fourth-order valence-electron chi connectivity index (χ4n) is 3.46. The Bertz CT molecular complexity index is 1120. The molecular formula is C20H17ClF2N2O2S2. The lowest BCUT2D eigenvalue weighted by Crippen LogP contribution is -2.39. The zero-order valence-corrected chi connectivity index (χ0v) is 17.6. The van der Waals surface area contributed by atoms with Gasteiger partial charge in [0.2, 0.25) is 0 Å². The van der Waals surface area contributed by atoms with Gasteiger partial charge in [0.25, 0.3) is 0 Å². The van der Waals surface area contributed by atoms with E-state index in [9.17, 15) is 17.2 Å². The van der Waals surface area contributed by atoms with Gasteiger partial charge in [-0.25, -0.2) is 22.2 Å². The highest BCUT2D eigenvalue weighted by Crippen LogP contribution is 2.33. The molecule has 0 bridgehead atoms. The second-order valence-electron chi connectivity index (χ2n) is 6.84. The second-order valence-corrected chi connectivity index (χ2v) is 10.3. The van der Waals surface area contributed by atoms with Gasteiger partial charge in [-0.15, -0.1) is 11.3 Å². The minimum Gasteiger partial charge on any atom is -0.348 e. The molecule has 0 amide bonds. The molecule has 1 aliphatic rings. The molecule has 1 aromatic heterocycles. The van der Waals surface area contributed by atoms with Crippen LogP contribution in [0.5, 0.6) is 0 Å². The summed E-state index contributed by atoms with van der Waals surface area (Å²) in [6, 6.07) is 9.79. The number of thiazole rings is 1. The predicted molar refractivity (Wildman–Crippen MR) is 111 cm³/mol. The molecule has 9 heteroatoms. The lowest BCUT2D eigenvalue weighted by molar-refractivity contribution is 0.529. The highest BCUT2D eigenvalue weighted by Gasteiger charge is 2.33. The van der Waals surface area contributed by atoms with Crippen LogP contribution in [0, 0.1) is 11.6 Å². The summed E-state index contributed by atoms with van der Waals surface area (Å²) >= 11 is 7.45. The van der Waals surface area contributed by atoms with Crippen LogP contribution in [0.3, 0.4) is 0 Å². The summed E-state index contributed by atoms with van der Waals surface area (Å²) in [4.78, 5) is 6.66. The van der Waals surface area contributed by atoms with Crippen molar-refractivity contribution in [2.75, 3.05) is 18.0 Å². The molecule has 0 spiro atoms. The number of sulfone groups is 1. The van der Waals surface area contributed by atoms with Gasteiger partial charge < -0.3 is 4.90 Å². The van der Waals surface area contributed by atoms with E-state index in [1.807, 2.05) is 4.90 Å². The van der Waals surface area contributed by atoms with E-state index in [1.54, 1.807) is 23.6 Å². The summed E-state index contributed by atoms with van der Waals surface area (Å²) in [7, 11) is -3.50. The van der Waals surface area contributed by atoms with Crippen molar-refractivity contribution in [3.05, 3.63) is 64.5 Å². The third-order valence-electron chi connectivity index (χ3n) is 4.94. The number of rotatable bonds is 4. The van der Waals surface area contributed by atoms with Crippen LogP contribution in [0.2, 0.25) is 5.02 Å². The van der Waals surface area contributed by atoms with Gasteiger partial charge >= 0.3 is 0 Å². The van der Waals surface area contributed by atoms with E-state index in [0.29, 0.717) is 42.3 Å². The van der Waals surface area contributed by atoms with Crippen LogP contribution in [-0.2, 0) is 9.84 Å². The normalized spacial score (nSPS) is 15.6.